The number of hydrogen-bond acceptors (Lipinski definition) is 2. The second-order valence-electron chi connectivity index (χ2n) is 4.71. The summed E-state index contributed by atoms with van der Waals surface area (Å²) in [6.07, 6.45) is 0. The van der Waals surface area contributed by atoms with Crippen LogP contribution in [0.1, 0.15) is 5.56 Å². The lowest BCUT2D eigenvalue weighted by Gasteiger charge is -2.06. The quantitative estimate of drug-likeness (QED) is 0.676. The molecule has 0 unspecified atom stereocenters. The molecule has 0 fully saturated rings. The van der Waals surface area contributed by atoms with Crippen LogP contribution >= 0.6 is 0 Å². The molecule has 0 radical (unpaired) electrons. The van der Waals surface area contributed by atoms with E-state index in [1.807, 2.05) is 49.4 Å². The highest BCUT2D eigenvalue weighted by Gasteiger charge is 2.11. The molecule has 0 aliphatic carbocycles. The Bertz CT molecular complexity index is 827. The summed E-state index contributed by atoms with van der Waals surface area (Å²) in [7, 11) is 1.78. The molecule has 2 aromatic carbocycles. The maximum absolute atomic E-state index is 12.4. The van der Waals surface area contributed by atoms with Gasteiger partial charge in [0.2, 0.25) is 0 Å². The van der Waals surface area contributed by atoms with Crippen LogP contribution in [0.4, 0.5) is 5.69 Å². The minimum Gasteiger partial charge on any atom is -0.399 e. The maximum Gasteiger partial charge on any atom is 0.333 e. The van der Waals surface area contributed by atoms with Gasteiger partial charge in [-0.15, -0.1) is 0 Å². The second kappa shape index (κ2) is 4.02. The summed E-state index contributed by atoms with van der Waals surface area (Å²) in [5.41, 5.74) is 10.1. The third-order valence-electron chi connectivity index (χ3n) is 3.47. The monoisotopic (exact) mass is 253 g/mol. The van der Waals surface area contributed by atoms with Crippen molar-refractivity contribution < 1.29 is 0 Å². The third-order valence-corrected chi connectivity index (χ3v) is 3.47. The molecule has 0 bridgehead atoms. The fourth-order valence-corrected chi connectivity index (χ4v) is 2.34. The predicted octanol–water partition coefficient (Wildman–Crippen LogP) is 2.22. The van der Waals surface area contributed by atoms with Crippen LogP contribution in [0.2, 0.25) is 0 Å². The highest BCUT2D eigenvalue weighted by molar-refractivity contribution is 5.78. The zero-order chi connectivity index (χ0) is 13.6. The topological polar surface area (TPSA) is 53.0 Å². The van der Waals surface area contributed by atoms with Crippen LogP contribution in [0.25, 0.3) is 16.7 Å². The minimum absolute atomic E-state index is 0.0506. The van der Waals surface area contributed by atoms with E-state index < -0.39 is 0 Å². The lowest BCUT2D eigenvalue weighted by atomic mass is 10.2. The number of nitrogens with zero attached hydrogens (tertiary/aromatic N) is 2. The smallest absolute Gasteiger partial charge is 0.333 e. The molecule has 3 aromatic rings. The first kappa shape index (κ1) is 11.6. The first-order chi connectivity index (χ1) is 9.09. The molecule has 1 heterocycles. The highest BCUT2D eigenvalue weighted by Crippen LogP contribution is 2.20. The molecule has 1 aromatic heterocycles. The largest absolute Gasteiger partial charge is 0.399 e. The average Bonchev–Trinajstić information content (AvgIpc) is 2.66. The summed E-state index contributed by atoms with van der Waals surface area (Å²) in [6, 6.07) is 13.4. The maximum atomic E-state index is 12.4. The Balaban J connectivity index is 2.39. The summed E-state index contributed by atoms with van der Waals surface area (Å²) in [4.78, 5) is 12.4. The molecule has 96 valence electrons. The van der Waals surface area contributed by atoms with Crippen LogP contribution in [0.5, 0.6) is 0 Å². The summed E-state index contributed by atoms with van der Waals surface area (Å²) >= 11 is 0. The van der Waals surface area contributed by atoms with Crippen molar-refractivity contribution in [2.45, 2.75) is 6.92 Å². The second-order valence-corrected chi connectivity index (χ2v) is 4.71. The zero-order valence-corrected chi connectivity index (χ0v) is 10.9. The van der Waals surface area contributed by atoms with Gasteiger partial charge >= 0.3 is 5.69 Å². The lowest BCUT2D eigenvalue weighted by molar-refractivity contribution is 0.846. The van der Waals surface area contributed by atoms with Crippen molar-refractivity contribution >= 4 is 16.7 Å². The van der Waals surface area contributed by atoms with E-state index in [4.69, 9.17) is 5.73 Å². The van der Waals surface area contributed by atoms with Crippen LogP contribution in [-0.4, -0.2) is 9.13 Å². The molecule has 0 saturated carbocycles. The number of aryl methyl sites for hydroxylation is 2. The van der Waals surface area contributed by atoms with Gasteiger partial charge in [0.1, 0.15) is 0 Å². The molecule has 3 rings (SSSR count). The minimum atomic E-state index is -0.0506. The number of benzene rings is 2. The van der Waals surface area contributed by atoms with Gasteiger partial charge in [-0.25, -0.2) is 4.79 Å². The molecule has 0 atom stereocenters. The Hall–Kier alpha value is -2.49. The third kappa shape index (κ3) is 1.64. The first-order valence-electron chi connectivity index (χ1n) is 6.12. The van der Waals surface area contributed by atoms with Gasteiger partial charge in [0.15, 0.2) is 0 Å². The zero-order valence-electron chi connectivity index (χ0n) is 10.9. The van der Waals surface area contributed by atoms with Crippen molar-refractivity contribution in [3.8, 4) is 5.69 Å². The molecule has 0 saturated heterocycles. The molecule has 4 nitrogen and oxygen atoms in total. The number of nitrogen functional groups attached to an aromatic ring is 1. The number of hydrogen-bond donors (Lipinski definition) is 1. The molecular weight excluding hydrogens is 238 g/mol. The number of aromatic nitrogens is 2. The summed E-state index contributed by atoms with van der Waals surface area (Å²) in [5, 5.41) is 0. The van der Waals surface area contributed by atoms with Gasteiger partial charge < -0.3 is 5.73 Å². The molecule has 0 spiro atoms. The molecule has 19 heavy (non-hydrogen) atoms. The van der Waals surface area contributed by atoms with Crippen molar-refractivity contribution in [2.75, 3.05) is 5.73 Å². The molecule has 0 aliphatic heterocycles. The van der Waals surface area contributed by atoms with Gasteiger partial charge in [0.05, 0.1) is 16.7 Å². The predicted molar refractivity (Wildman–Crippen MR) is 77.7 cm³/mol. The Morgan fingerprint density at radius 1 is 1.05 bits per heavy atom. The normalized spacial score (nSPS) is 11.1. The van der Waals surface area contributed by atoms with E-state index in [1.54, 1.807) is 16.2 Å². The van der Waals surface area contributed by atoms with Gasteiger partial charge in [-0.1, -0.05) is 12.1 Å². The van der Waals surface area contributed by atoms with Gasteiger partial charge in [-0.3, -0.25) is 9.13 Å². The van der Waals surface area contributed by atoms with E-state index in [0.29, 0.717) is 0 Å². The van der Waals surface area contributed by atoms with E-state index in [0.717, 1.165) is 28.0 Å². The number of nitrogens with two attached hydrogens (primary N) is 1. The van der Waals surface area contributed by atoms with E-state index in [2.05, 4.69) is 0 Å². The van der Waals surface area contributed by atoms with E-state index in [9.17, 15) is 4.79 Å². The SMILES string of the molecule is Cc1cc(-n2c(=O)n(C)c3ccccc32)ccc1N. The number of rotatable bonds is 1. The fourth-order valence-electron chi connectivity index (χ4n) is 2.34. The lowest BCUT2D eigenvalue weighted by Crippen LogP contribution is -2.20. The van der Waals surface area contributed by atoms with Crippen LogP contribution in [0, 0.1) is 6.92 Å². The van der Waals surface area contributed by atoms with Crippen molar-refractivity contribution in [3.63, 3.8) is 0 Å². The van der Waals surface area contributed by atoms with E-state index >= 15 is 0 Å². The summed E-state index contributed by atoms with van der Waals surface area (Å²) in [6.45, 7) is 1.94. The van der Waals surface area contributed by atoms with Crippen LogP contribution in [0.3, 0.4) is 0 Å². The number of fused-ring (bicyclic) bond motifs is 1. The number of anilines is 1. The molecular formula is C15H15N3O. The molecule has 4 heteroatoms. The van der Waals surface area contributed by atoms with E-state index in [1.165, 1.54) is 0 Å². The van der Waals surface area contributed by atoms with Crippen LogP contribution < -0.4 is 11.4 Å². The highest BCUT2D eigenvalue weighted by atomic mass is 16.1. The molecule has 0 aliphatic rings. The summed E-state index contributed by atoms with van der Waals surface area (Å²) in [5.74, 6) is 0. The Kier molecular flexibility index (Phi) is 2.45. The Morgan fingerprint density at radius 2 is 1.74 bits per heavy atom. The first-order valence-corrected chi connectivity index (χ1v) is 6.12. The summed E-state index contributed by atoms with van der Waals surface area (Å²) < 4.78 is 3.36. The van der Waals surface area contributed by atoms with E-state index in [-0.39, 0.29) is 5.69 Å². The molecule has 2 N–H and O–H groups in total. The Morgan fingerprint density at radius 3 is 2.42 bits per heavy atom. The number of imidazole rings is 1. The van der Waals surface area contributed by atoms with Crippen molar-refractivity contribution in [3.05, 3.63) is 58.5 Å². The molecule has 0 amide bonds. The van der Waals surface area contributed by atoms with Gasteiger partial charge in [-0.2, -0.15) is 0 Å². The van der Waals surface area contributed by atoms with Crippen molar-refractivity contribution in [1.82, 2.24) is 9.13 Å². The van der Waals surface area contributed by atoms with Crippen molar-refractivity contribution in [2.24, 2.45) is 7.05 Å². The van der Waals surface area contributed by atoms with Crippen LogP contribution in [-0.2, 0) is 7.05 Å². The van der Waals surface area contributed by atoms with Gasteiger partial charge in [-0.05, 0) is 42.8 Å². The van der Waals surface area contributed by atoms with Gasteiger partial charge in [0, 0.05) is 12.7 Å². The van der Waals surface area contributed by atoms with Gasteiger partial charge in [0.25, 0.3) is 0 Å². The number of para-hydroxylation sites is 2. The Labute approximate surface area is 110 Å². The standard InChI is InChI=1S/C15H15N3O/c1-10-9-11(7-8-12(10)16)18-14-6-4-3-5-13(14)17(2)15(18)19/h3-9H,16H2,1-2H3. The van der Waals surface area contributed by atoms with Crippen LogP contribution in [0.15, 0.2) is 47.3 Å². The average molecular weight is 253 g/mol. The van der Waals surface area contributed by atoms with Crippen molar-refractivity contribution in [1.29, 1.82) is 0 Å². The fraction of sp³-hybridized carbons (Fsp3) is 0.133.